The fourth-order valence-electron chi connectivity index (χ4n) is 4.92. The van der Waals surface area contributed by atoms with Gasteiger partial charge in [-0.1, -0.05) is 42.5 Å². The first-order valence-corrected chi connectivity index (χ1v) is 11.6. The Bertz CT molecular complexity index is 1960. The van der Waals surface area contributed by atoms with E-state index in [-0.39, 0.29) is 0 Å². The third-order valence-electron chi connectivity index (χ3n) is 6.63. The lowest BCUT2D eigenvalue weighted by Crippen LogP contribution is -1.96. The van der Waals surface area contributed by atoms with Crippen molar-refractivity contribution in [1.82, 2.24) is 9.55 Å². The standard InChI is InChI=1S/C32H17N5/c33-18-21-5-8-28(24(15-21)19-34)23-6-9-30-29-3-1-2-4-31(29)37(32(30)17-23)26-7-10-27(25(16-26)20-35)22-11-13-36-14-12-22/h1-17H. The molecule has 4 aromatic carbocycles. The van der Waals surface area contributed by atoms with Crippen LogP contribution in [-0.4, -0.2) is 9.55 Å². The number of pyridine rings is 1. The molecule has 37 heavy (non-hydrogen) atoms. The quantitative estimate of drug-likeness (QED) is 0.275. The topological polar surface area (TPSA) is 89.2 Å². The fourth-order valence-corrected chi connectivity index (χ4v) is 4.92. The van der Waals surface area contributed by atoms with Crippen molar-refractivity contribution in [2.75, 3.05) is 0 Å². The van der Waals surface area contributed by atoms with Gasteiger partial charge in [-0.05, 0) is 70.8 Å². The summed E-state index contributed by atoms with van der Waals surface area (Å²) in [7, 11) is 0. The molecule has 0 aliphatic carbocycles. The van der Waals surface area contributed by atoms with Gasteiger partial charge in [-0.25, -0.2) is 0 Å². The van der Waals surface area contributed by atoms with Crippen LogP contribution in [-0.2, 0) is 0 Å². The third-order valence-corrected chi connectivity index (χ3v) is 6.63. The lowest BCUT2D eigenvalue weighted by Gasteiger charge is -2.12. The maximum atomic E-state index is 9.99. The average molecular weight is 472 g/mol. The molecule has 0 radical (unpaired) electrons. The van der Waals surface area contributed by atoms with Crippen molar-refractivity contribution in [3.63, 3.8) is 0 Å². The summed E-state index contributed by atoms with van der Waals surface area (Å²) in [6, 6.07) is 35.9. The first-order valence-electron chi connectivity index (χ1n) is 11.6. The van der Waals surface area contributed by atoms with Crippen molar-refractivity contribution in [3.05, 3.63) is 120 Å². The predicted octanol–water partition coefficient (Wildman–Crippen LogP) is 7.13. The maximum absolute atomic E-state index is 9.99. The van der Waals surface area contributed by atoms with Gasteiger partial charge in [-0.3, -0.25) is 4.98 Å². The molecule has 0 fully saturated rings. The number of para-hydroxylation sites is 1. The van der Waals surface area contributed by atoms with Gasteiger partial charge in [0.15, 0.2) is 0 Å². The highest BCUT2D eigenvalue weighted by Crippen LogP contribution is 2.36. The first-order chi connectivity index (χ1) is 18.2. The van der Waals surface area contributed by atoms with E-state index >= 15 is 0 Å². The Kier molecular flexibility index (Phi) is 5.20. The number of nitrogens with zero attached hydrogens (tertiary/aromatic N) is 5. The van der Waals surface area contributed by atoms with Crippen LogP contribution in [0.15, 0.2) is 103 Å². The van der Waals surface area contributed by atoms with E-state index in [1.54, 1.807) is 24.5 Å². The number of rotatable bonds is 3. The van der Waals surface area contributed by atoms with Crippen LogP contribution in [0.3, 0.4) is 0 Å². The summed E-state index contributed by atoms with van der Waals surface area (Å²) >= 11 is 0. The Morgan fingerprint density at radius 1 is 0.568 bits per heavy atom. The molecule has 0 N–H and O–H groups in total. The second-order valence-corrected chi connectivity index (χ2v) is 8.65. The molecule has 6 rings (SSSR count). The summed E-state index contributed by atoms with van der Waals surface area (Å²) in [6.45, 7) is 0. The second kappa shape index (κ2) is 8.82. The number of benzene rings is 4. The Balaban J connectivity index is 1.61. The minimum absolute atomic E-state index is 0.453. The predicted molar refractivity (Wildman–Crippen MR) is 144 cm³/mol. The molecule has 2 aromatic heterocycles. The molecule has 0 amide bonds. The van der Waals surface area contributed by atoms with Crippen molar-refractivity contribution < 1.29 is 0 Å². The van der Waals surface area contributed by atoms with Crippen LogP contribution in [0.5, 0.6) is 0 Å². The molecule has 0 aliphatic heterocycles. The minimum atomic E-state index is 0.453. The third kappa shape index (κ3) is 3.58. The van der Waals surface area contributed by atoms with E-state index < -0.39 is 0 Å². The Morgan fingerprint density at radius 3 is 2.05 bits per heavy atom. The van der Waals surface area contributed by atoms with Crippen LogP contribution in [0.4, 0.5) is 0 Å². The SMILES string of the molecule is N#Cc1ccc(-c2ccc3c4ccccc4n(-c4ccc(-c5ccncc5)c(C#N)c4)c3c2)c(C#N)c1. The van der Waals surface area contributed by atoms with Gasteiger partial charge in [0.05, 0.1) is 45.9 Å². The van der Waals surface area contributed by atoms with Crippen LogP contribution in [0.25, 0.3) is 49.7 Å². The number of hydrogen-bond donors (Lipinski definition) is 0. The molecule has 0 bridgehead atoms. The molecule has 5 nitrogen and oxygen atoms in total. The lowest BCUT2D eigenvalue weighted by molar-refractivity contribution is 1.18. The van der Waals surface area contributed by atoms with Crippen molar-refractivity contribution in [2.45, 2.75) is 0 Å². The molecule has 0 saturated heterocycles. The van der Waals surface area contributed by atoms with E-state index in [1.165, 1.54) is 0 Å². The monoisotopic (exact) mass is 471 g/mol. The van der Waals surface area contributed by atoms with E-state index in [0.29, 0.717) is 16.7 Å². The van der Waals surface area contributed by atoms with E-state index in [9.17, 15) is 15.8 Å². The van der Waals surface area contributed by atoms with Gasteiger partial charge in [0.2, 0.25) is 0 Å². The number of nitriles is 3. The summed E-state index contributed by atoms with van der Waals surface area (Å²) in [5.41, 5.74) is 7.78. The van der Waals surface area contributed by atoms with E-state index in [1.807, 2.05) is 54.6 Å². The van der Waals surface area contributed by atoms with Crippen LogP contribution in [0.2, 0.25) is 0 Å². The summed E-state index contributed by atoms with van der Waals surface area (Å²) in [5.74, 6) is 0. The molecule has 0 saturated carbocycles. The molecular formula is C32H17N5. The van der Waals surface area contributed by atoms with Gasteiger partial charge >= 0.3 is 0 Å². The Hall–Kier alpha value is -5.70. The maximum Gasteiger partial charge on any atom is 0.0998 e. The number of hydrogen-bond acceptors (Lipinski definition) is 4. The molecule has 0 aliphatic rings. The van der Waals surface area contributed by atoms with Crippen LogP contribution < -0.4 is 0 Å². The minimum Gasteiger partial charge on any atom is -0.309 e. The van der Waals surface area contributed by atoms with Crippen molar-refractivity contribution >= 4 is 21.8 Å². The molecule has 5 heteroatoms. The van der Waals surface area contributed by atoms with Crippen LogP contribution >= 0.6 is 0 Å². The zero-order valence-electron chi connectivity index (χ0n) is 19.6. The highest BCUT2D eigenvalue weighted by atomic mass is 15.0. The summed E-state index contributed by atoms with van der Waals surface area (Å²) in [4.78, 5) is 4.09. The number of aromatic nitrogens is 2. The molecule has 6 aromatic rings. The largest absolute Gasteiger partial charge is 0.309 e. The Labute approximate surface area is 213 Å². The average Bonchev–Trinajstić information content (AvgIpc) is 3.30. The van der Waals surface area contributed by atoms with Crippen LogP contribution in [0.1, 0.15) is 16.7 Å². The van der Waals surface area contributed by atoms with Crippen LogP contribution in [0, 0.1) is 34.0 Å². The molecule has 0 unspecified atom stereocenters. The molecule has 170 valence electrons. The van der Waals surface area contributed by atoms with E-state index in [2.05, 4.69) is 52.0 Å². The second-order valence-electron chi connectivity index (χ2n) is 8.65. The first kappa shape index (κ1) is 21.8. The van der Waals surface area contributed by atoms with Gasteiger partial charge in [-0.15, -0.1) is 0 Å². The van der Waals surface area contributed by atoms with Crippen molar-refractivity contribution in [3.8, 4) is 46.1 Å². The van der Waals surface area contributed by atoms with Gasteiger partial charge in [0, 0.05) is 28.9 Å². The molecule has 2 heterocycles. The van der Waals surface area contributed by atoms with Gasteiger partial charge in [-0.2, -0.15) is 15.8 Å². The summed E-state index contributed by atoms with van der Waals surface area (Å²) < 4.78 is 2.15. The zero-order valence-corrected chi connectivity index (χ0v) is 19.6. The lowest BCUT2D eigenvalue weighted by atomic mass is 9.97. The summed E-state index contributed by atoms with van der Waals surface area (Å²) in [6.07, 6.45) is 3.44. The normalized spacial score (nSPS) is 10.6. The van der Waals surface area contributed by atoms with Gasteiger partial charge in [0.1, 0.15) is 0 Å². The molecule has 0 spiro atoms. The summed E-state index contributed by atoms with van der Waals surface area (Å²) in [5, 5.41) is 31.2. The van der Waals surface area contributed by atoms with E-state index in [4.69, 9.17) is 0 Å². The smallest absolute Gasteiger partial charge is 0.0998 e. The highest BCUT2D eigenvalue weighted by Gasteiger charge is 2.16. The molecule has 0 atom stereocenters. The fraction of sp³-hybridized carbons (Fsp3) is 0. The van der Waals surface area contributed by atoms with Gasteiger partial charge in [0.25, 0.3) is 0 Å². The number of fused-ring (bicyclic) bond motifs is 3. The Morgan fingerprint density at radius 2 is 1.27 bits per heavy atom. The van der Waals surface area contributed by atoms with Crippen molar-refractivity contribution in [2.24, 2.45) is 0 Å². The highest BCUT2D eigenvalue weighted by molar-refractivity contribution is 6.10. The van der Waals surface area contributed by atoms with Gasteiger partial charge < -0.3 is 4.57 Å². The van der Waals surface area contributed by atoms with E-state index in [0.717, 1.165) is 49.7 Å². The van der Waals surface area contributed by atoms with Crippen molar-refractivity contribution in [1.29, 1.82) is 15.8 Å². The molecular weight excluding hydrogens is 454 g/mol. The zero-order chi connectivity index (χ0) is 25.4.